The molecule has 2 aliphatic rings. The largest absolute Gasteiger partial charge is 0.333 e. The molecule has 156 valence electrons. The molecule has 3 rings (SSSR count). The number of aryl methyl sites for hydroxylation is 2. The van der Waals surface area contributed by atoms with Gasteiger partial charge < -0.3 is 10.2 Å². The van der Waals surface area contributed by atoms with Gasteiger partial charge in [0.25, 0.3) is 0 Å². The molecule has 7 nitrogen and oxygen atoms in total. The Kier molecular flexibility index (Phi) is 6.62. The second-order valence-electron chi connectivity index (χ2n) is 7.64. The maximum absolute atomic E-state index is 12.5. The average Bonchev–Trinajstić information content (AvgIpc) is 3.30. The average molecular weight is 409 g/mol. The number of likely N-dealkylation sites (N-methyl/N-ethyl adjacent to an activating group) is 2. The van der Waals surface area contributed by atoms with Gasteiger partial charge in [0.1, 0.15) is 0 Å². The molecule has 2 amide bonds. The first kappa shape index (κ1) is 21.1. The topological polar surface area (TPSA) is 81.8 Å². The second-order valence-corrected chi connectivity index (χ2v) is 9.42. The lowest BCUT2D eigenvalue weighted by Crippen LogP contribution is -2.45. The summed E-state index contributed by atoms with van der Waals surface area (Å²) >= 11 is 0. The van der Waals surface area contributed by atoms with Gasteiger partial charge in [0.2, 0.25) is 0 Å². The van der Waals surface area contributed by atoms with Crippen LogP contribution < -0.4 is 10.0 Å². The van der Waals surface area contributed by atoms with Crippen molar-refractivity contribution in [1.82, 2.24) is 13.9 Å². The van der Waals surface area contributed by atoms with Crippen molar-refractivity contribution < 1.29 is 13.2 Å². The number of anilines is 1. The zero-order valence-electron chi connectivity index (χ0n) is 17.2. The van der Waals surface area contributed by atoms with E-state index in [0.29, 0.717) is 13.1 Å². The Morgan fingerprint density at radius 3 is 2.11 bits per heavy atom. The summed E-state index contributed by atoms with van der Waals surface area (Å²) in [7, 11) is -2.38. The molecule has 0 saturated carbocycles. The van der Waals surface area contributed by atoms with Crippen molar-refractivity contribution in [1.29, 1.82) is 0 Å². The van der Waals surface area contributed by atoms with Gasteiger partial charge in [-0.3, -0.25) is 0 Å². The normalized spacial score (nSPS) is 15.8. The van der Waals surface area contributed by atoms with Crippen LogP contribution in [0.2, 0.25) is 0 Å². The number of nitrogens with one attached hydrogen (secondary N) is 2. The van der Waals surface area contributed by atoms with E-state index in [1.165, 1.54) is 33.6 Å². The van der Waals surface area contributed by atoms with Gasteiger partial charge in [-0.25, -0.2) is 9.52 Å². The predicted octanol–water partition coefficient (Wildman–Crippen LogP) is 2.30. The van der Waals surface area contributed by atoms with Crippen LogP contribution in [0, 0.1) is 0 Å². The first-order chi connectivity index (χ1) is 13.4. The van der Waals surface area contributed by atoms with E-state index in [0.717, 1.165) is 57.3 Å². The van der Waals surface area contributed by atoms with Crippen molar-refractivity contribution in [2.24, 2.45) is 0 Å². The van der Waals surface area contributed by atoms with E-state index in [1.807, 2.05) is 13.8 Å². The monoisotopic (exact) mass is 408 g/mol. The molecule has 2 aliphatic carbocycles. The van der Waals surface area contributed by atoms with Crippen LogP contribution in [0.25, 0.3) is 0 Å². The molecule has 0 bridgehead atoms. The number of carbonyl (C=O) groups excluding carboxylic acids is 1. The summed E-state index contributed by atoms with van der Waals surface area (Å²) in [6, 6.07) is 1.61. The van der Waals surface area contributed by atoms with Gasteiger partial charge in [-0.1, -0.05) is 19.9 Å². The van der Waals surface area contributed by atoms with Gasteiger partial charge in [0.05, 0.1) is 0 Å². The summed E-state index contributed by atoms with van der Waals surface area (Å²) < 4.78 is 28.4. The maximum Gasteiger partial charge on any atom is 0.333 e. The molecule has 1 aromatic rings. The summed E-state index contributed by atoms with van der Waals surface area (Å²) in [6.07, 6.45) is 6.11. The number of rotatable bonds is 8. The van der Waals surface area contributed by atoms with Gasteiger partial charge in [-0.05, 0) is 73.9 Å². The number of nitrogens with zero attached hydrogens (tertiary/aromatic N) is 2. The van der Waals surface area contributed by atoms with Crippen molar-refractivity contribution in [3.8, 4) is 0 Å². The molecule has 0 radical (unpaired) electrons. The number of hydrogen-bond acceptors (Lipinski definition) is 4. The van der Waals surface area contributed by atoms with Crippen LogP contribution in [-0.4, -0.2) is 56.9 Å². The van der Waals surface area contributed by atoms with Crippen molar-refractivity contribution >= 4 is 21.9 Å². The fraction of sp³-hybridized carbons (Fsp3) is 0.650. The Hall–Kier alpha value is -1.64. The molecule has 0 atom stereocenters. The summed E-state index contributed by atoms with van der Waals surface area (Å²) in [5, 5.41) is 2.87. The van der Waals surface area contributed by atoms with Crippen LogP contribution in [-0.2, 0) is 35.9 Å². The van der Waals surface area contributed by atoms with E-state index in [9.17, 15) is 13.2 Å². The molecule has 0 aliphatic heterocycles. The summed E-state index contributed by atoms with van der Waals surface area (Å²) in [5.74, 6) is 0. The van der Waals surface area contributed by atoms with Crippen molar-refractivity contribution in [3.05, 3.63) is 28.3 Å². The number of hydrogen-bond donors (Lipinski definition) is 2. The Morgan fingerprint density at radius 1 is 1.00 bits per heavy atom. The van der Waals surface area contributed by atoms with Crippen LogP contribution >= 0.6 is 0 Å². The molecule has 0 unspecified atom stereocenters. The van der Waals surface area contributed by atoms with E-state index in [-0.39, 0.29) is 0 Å². The van der Waals surface area contributed by atoms with Gasteiger partial charge in [-0.15, -0.1) is 0 Å². The van der Waals surface area contributed by atoms with E-state index in [2.05, 4.69) is 21.0 Å². The quantitative estimate of drug-likeness (QED) is 0.692. The minimum Gasteiger partial charge on any atom is -0.307 e. The number of carbonyl (C=O) groups is 1. The third-order valence-electron chi connectivity index (χ3n) is 5.97. The predicted molar refractivity (Wildman–Crippen MR) is 112 cm³/mol. The van der Waals surface area contributed by atoms with Crippen LogP contribution in [0.1, 0.15) is 48.9 Å². The molecule has 0 heterocycles. The van der Waals surface area contributed by atoms with Crippen molar-refractivity contribution in [2.45, 2.75) is 52.4 Å². The van der Waals surface area contributed by atoms with Gasteiger partial charge in [0.15, 0.2) is 0 Å². The third-order valence-corrected chi connectivity index (χ3v) is 7.42. The molecular weight excluding hydrogens is 376 g/mol. The van der Waals surface area contributed by atoms with Gasteiger partial charge in [0, 0.05) is 25.8 Å². The zero-order chi connectivity index (χ0) is 20.3. The summed E-state index contributed by atoms with van der Waals surface area (Å²) in [4.78, 5) is 14.7. The summed E-state index contributed by atoms with van der Waals surface area (Å²) in [5.41, 5.74) is 5.82. The van der Waals surface area contributed by atoms with Gasteiger partial charge in [-0.2, -0.15) is 12.7 Å². The fourth-order valence-corrected chi connectivity index (χ4v) is 5.01. The third kappa shape index (κ3) is 4.50. The first-order valence-electron chi connectivity index (χ1n) is 10.3. The minimum atomic E-state index is -3.88. The molecular formula is C20H32N4O3S. The standard InChI is InChI=1S/C20H32N4O3S/c1-4-24(5-2)13-12-23(3)28(26,27)22-20(25)21-19-17-10-6-8-15(17)14-16-9-7-11-18(16)19/h14H,4-13H2,1-3H3,(H2,21,22,25). The lowest BCUT2D eigenvalue weighted by atomic mass is 9.99. The smallest absolute Gasteiger partial charge is 0.307 e. The minimum absolute atomic E-state index is 0.334. The molecule has 0 aromatic heterocycles. The van der Waals surface area contributed by atoms with Gasteiger partial charge >= 0.3 is 16.2 Å². The highest BCUT2D eigenvalue weighted by Crippen LogP contribution is 2.38. The molecule has 28 heavy (non-hydrogen) atoms. The Labute approximate surface area is 168 Å². The molecule has 0 spiro atoms. The van der Waals surface area contributed by atoms with Crippen LogP contribution in [0.5, 0.6) is 0 Å². The lowest BCUT2D eigenvalue weighted by Gasteiger charge is -2.23. The number of benzene rings is 1. The highest BCUT2D eigenvalue weighted by Gasteiger charge is 2.27. The number of fused-ring (bicyclic) bond motifs is 2. The summed E-state index contributed by atoms with van der Waals surface area (Å²) in [6.45, 7) is 6.78. The van der Waals surface area contributed by atoms with E-state index < -0.39 is 16.2 Å². The SMILES string of the molecule is CCN(CC)CCN(C)S(=O)(=O)NC(=O)Nc1c2c(cc3c1CCC3)CCC2. The van der Waals surface area contributed by atoms with Crippen LogP contribution in [0.3, 0.4) is 0 Å². The van der Waals surface area contributed by atoms with Crippen LogP contribution in [0.4, 0.5) is 10.5 Å². The van der Waals surface area contributed by atoms with Crippen molar-refractivity contribution in [2.75, 3.05) is 38.5 Å². The molecule has 8 heteroatoms. The Balaban J connectivity index is 1.68. The maximum atomic E-state index is 12.5. The van der Waals surface area contributed by atoms with Crippen molar-refractivity contribution in [3.63, 3.8) is 0 Å². The van der Waals surface area contributed by atoms with Crippen LogP contribution in [0.15, 0.2) is 6.07 Å². The fourth-order valence-electron chi connectivity index (χ4n) is 4.24. The number of amides is 2. The van der Waals surface area contributed by atoms with E-state index in [4.69, 9.17) is 0 Å². The molecule has 0 saturated heterocycles. The molecule has 2 N–H and O–H groups in total. The zero-order valence-corrected chi connectivity index (χ0v) is 18.0. The number of urea groups is 1. The first-order valence-corrected chi connectivity index (χ1v) is 11.7. The highest BCUT2D eigenvalue weighted by molar-refractivity contribution is 7.87. The lowest BCUT2D eigenvalue weighted by molar-refractivity contribution is 0.255. The van der Waals surface area contributed by atoms with E-state index >= 15 is 0 Å². The molecule has 1 aromatic carbocycles. The Morgan fingerprint density at radius 2 is 1.57 bits per heavy atom. The highest BCUT2D eigenvalue weighted by atomic mass is 32.2. The Bertz CT molecular complexity index is 802. The molecule has 0 fully saturated rings. The van der Waals surface area contributed by atoms with E-state index in [1.54, 1.807) is 0 Å². The second kappa shape index (κ2) is 8.80.